The molecule has 0 radical (unpaired) electrons. The molecule has 0 aliphatic rings. The number of aromatic amines is 1. The summed E-state index contributed by atoms with van der Waals surface area (Å²) in [5.41, 5.74) is 5.33. The predicted octanol–water partition coefficient (Wildman–Crippen LogP) is 0.394. The molecule has 3 N–H and O–H groups in total. The van der Waals surface area contributed by atoms with Crippen LogP contribution in [0.1, 0.15) is 0 Å². The predicted molar refractivity (Wildman–Crippen MR) is 62.1 cm³/mol. The number of hydrogen-bond acceptors (Lipinski definition) is 6. The maximum atomic E-state index is 11.1. The molecule has 0 bridgehead atoms. The maximum absolute atomic E-state index is 11.1. The van der Waals surface area contributed by atoms with E-state index in [4.69, 9.17) is 5.73 Å². The van der Waals surface area contributed by atoms with Crippen LogP contribution in [-0.2, 0) is 7.05 Å². The van der Waals surface area contributed by atoms with Gasteiger partial charge >= 0.3 is 5.69 Å². The fourth-order valence-corrected chi connectivity index (χ4v) is 2.17. The van der Waals surface area contributed by atoms with E-state index in [0.717, 1.165) is 0 Å². The van der Waals surface area contributed by atoms with Gasteiger partial charge < -0.3 is 5.73 Å². The second-order valence-corrected chi connectivity index (χ2v) is 4.60. The lowest BCUT2D eigenvalue weighted by atomic mass is 10.6. The summed E-state index contributed by atoms with van der Waals surface area (Å²) >= 11 is 4.49. The van der Waals surface area contributed by atoms with Crippen LogP contribution in [0.15, 0.2) is 25.8 Å². The van der Waals surface area contributed by atoms with Gasteiger partial charge in [-0.1, -0.05) is 0 Å². The molecule has 0 fully saturated rings. The number of rotatable bonds is 2. The zero-order valence-corrected chi connectivity index (χ0v) is 10.5. The molecule has 0 aliphatic heterocycles. The lowest BCUT2D eigenvalue weighted by Gasteiger charge is -2.02. The lowest BCUT2D eigenvalue weighted by Crippen LogP contribution is -2.12. The Morgan fingerprint density at radius 3 is 2.94 bits per heavy atom. The van der Waals surface area contributed by atoms with Crippen molar-refractivity contribution in [2.75, 3.05) is 5.73 Å². The largest absolute Gasteiger partial charge is 0.383 e. The molecule has 0 saturated heterocycles. The number of nitrogen functional groups attached to an aromatic ring is 1. The normalized spacial score (nSPS) is 10.6. The van der Waals surface area contributed by atoms with Crippen molar-refractivity contribution >= 4 is 33.5 Å². The van der Waals surface area contributed by atoms with Crippen molar-refractivity contribution in [3.8, 4) is 0 Å². The van der Waals surface area contributed by atoms with Crippen LogP contribution in [0.3, 0.4) is 0 Å². The molecular weight excluding hydrogens is 296 g/mol. The lowest BCUT2D eigenvalue weighted by molar-refractivity contribution is 0.764. The third kappa shape index (κ3) is 1.95. The standard InChI is InChI=1S/C7H7BrN6OS/c1-14-6(15)12-13-7(14)16-5-3(8)4(9)10-2-11-5/h2H,1H3,(H,12,15)(H2,9,10,11). The molecule has 7 nitrogen and oxygen atoms in total. The fraction of sp³-hybridized carbons (Fsp3) is 0.143. The van der Waals surface area contributed by atoms with Crippen LogP contribution in [0, 0.1) is 0 Å². The first-order chi connectivity index (χ1) is 7.59. The van der Waals surface area contributed by atoms with E-state index >= 15 is 0 Å². The highest BCUT2D eigenvalue weighted by Gasteiger charge is 2.12. The first kappa shape index (κ1) is 11.1. The summed E-state index contributed by atoms with van der Waals surface area (Å²) in [6.45, 7) is 0. The summed E-state index contributed by atoms with van der Waals surface area (Å²) in [6, 6.07) is 0. The van der Waals surface area contributed by atoms with Gasteiger partial charge in [-0.3, -0.25) is 4.57 Å². The van der Waals surface area contributed by atoms with Gasteiger partial charge in [-0.15, -0.1) is 5.10 Å². The highest BCUT2D eigenvalue weighted by molar-refractivity contribution is 9.10. The van der Waals surface area contributed by atoms with Gasteiger partial charge in [0.25, 0.3) is 0 Å². The van der Waals surface area contributed by atoms with Crippen molar-refractivity contribution < 1.29 is 0 Å². The molecule has 0 unspecified atom stereocenters. The van der Waals surface area contributed by atoms with Crippen LogP contribution in [0.4, 0.5) is 5.82 Å². The average Bonchev–Trinajstić information content (AvgIpc) is 2.57. The van der Waals surface area contributed by atoms with Crippen LogP contribution in [-0.4, -0.2) is 24.7 Å². The fourth-order valence-electron chi connectivity index (χ4n) is 0.948. The van der Waals surface area contributed by atoms with Gasteiger partial charge in [0, 0.05) is 7.05 Å². The van der Waals surface area contributed by atoms with Crippen LogP contribution >= 0.6 is 27.7 Å². The smallest absolute Gasteiger partial charge is 0.343 e. The van der Waals surface area contributed by atoms with Crippen molar-refractivity contribution in [3.05, 3.63) is 21.3 Å². The number of nitrogens with zero attached hydrogens (tertiary/aromatic N) is 4. The summed E-state index contributed by atoms with van der Waals surface area (Å²) in [5.74, 6) is 0.345. The van der Waals surface area contributed by atoms with Crippen molar-refractivity contribution in [3.63, 3.8) is 0 Å². The molecule has 0 aliphatic carbocycles. The first-order valence-electron chi connectivity index (χ1n) is 4.15. The molecule has 16 heavy (non-hydrogen) atoms. The van der Waals surface area contributed by atoms with E-state index in [2.05, 4.69) is 36.1 Å². The molecule has 2 rings (SSSR count). The van der Waals surface area contributed by atoms with Gasteiger partial charge in [0.2, 0.25) is 0 Å². The minimum Gasteiger partial charge on any atom is -0.383 e. The minimum absolute atomic E-state index is 0.277. The quantitative estimate of drug-likeness (QED) is 0.778. The highest BCUT2D eigenvalue weighted by atomic mass is 79.9. The molecule has 2 aromatic rings. The highest BCUT2D eigenvalue weighted by Crippen LogP contribution is 2.31. The van der Waals surface area contributed by atoms with Gasteiger partial charge in [-0.05, 0) is 27.7 Å². The molecule has 0 amide bonds. The minimum atomic E-state index is -0.277. The Labute approximate surface area is 103 Å². The molecule has 2 aromatic heterocycles. The van der Waals surface area contributed by atoms with Crippen LogP contribution < -0.4 is 11.4 Å². The molecule has 0 spiro atoms. The monoisotopic (exact) mass is 302 g/mol. The zero-order valence-electron chi connectivity index (χ0n) is 8.14. The summed E-state index contributed by atoms with van der Waals surface area (Å²) in [4.78, 5) is 19.0. The molecule has 2 heterocycles. The number of nitrogens with one attached hydrogen (secondary N) is 1. The van der Waals surface area contributed by atoms with E-state index in [1.807, 2.05) is 0 Å². The van der Waals surface area contributed by atoms with Crippen LogP contribution in [0.5, 0.6) is 0 Å². The Hall–Kier alpha value is -1.35. The van der Waals surface area contributed by atoms with Gasteiger partial charge in [-0.2, -0.15) is 0 Å². The van der Waals surface area contributed by atoms with Gasteiger partial charge in [-0.25, -0.2) is 19.9 Å². The first-order valence-corrected chi connectivity index (χ1v) is 5.75. The van der Waals surface area contributed by atoms with Crippen molar-refractivity contribution in [2.24, 2.45) is 7.05 Å². The third-order valence-corrected chi connectivity index (χ3v) is 3.91. The van der Waals surface area contributed by atoms with E-state index in [9.17, 15) is 4.79 Å². The molecular formula is C7H7BrN6OS. The van der Waals surface area contributed by atoms with E-state index in [-0.39, 0.29) is 5.69 Å². The molecule has 9 heteroatoms. The molecule has 0 aromatic carbocycles. The Bertz CT molecular complexity index is 578. The van der Waals surface area contributed by atoms with Crippen molar-refractivity contribution in [1.29, 1.82) is 0 Å². The molecule has 84 valence electrons. The number of anilines is 1. The molecule has 0 saturated carbocycles. The Balaban J connectivity index is 2.38. The van der Waals surface area contributed by atoms with Gasteiger partial charge in [0.15, 0.2) is 5.16 Å². The van der Waals surface area contributed by atoms with E-state index in [1.165, 1.54) is 22.7 Å². The van der Waals surface area contributed by atoms with Crippen molar-refractivity contribution in [1.82, 2.24) is 24.7 Å². The second kappa shape index (κ2) is 4.26. The number of aromatic nitrogens is 5. The second-order valence-electron chi connectivity index (χ2n) is 2.85. The third-order valence-electron chi connectivity index (χ3n) is 1.81. The SMILES string of the molecule is Cn1c(Sc2ncnc(N)c2Br)n[nH]c1=O. The number of halogens is 1. The summed E-state index contributed by atoms with van der Waals surface area (Å²) in [7, 11) is 1.62. The number of hydrogen-bond donors (Lipinski definition) is 2. The Morgan fingerprint density at radius 2 is 2.31 bits per heavy atom. The number of H-pyrrole nitrogens is 1. The van der Waals surface area contributed by atoms with Gasteiger partial charge in [0.1, 0.15) is 17.2 Å². The Kier molecular flexibility index (Phi) is 2.97. The van der Waals surface area contributed by atoms with Crippen molar-refractivity contribution in [2.45, 2.75) is 10.2 Å². The average molecular weight is 303 g/mol. The van der Waals surface area contributed by atoms with Crippen LogP contribution in [0.25, 0.3) is 0 Å². The van der Waals surface area contributed by atoms with E-state index in [1.54, 1.807) is 7.05 Å². The van der Waals surface area contributed by atoms with E-state index in [0.29, 0.717) is 20.5 Å². The number of nitrogens with two attached hydrogens (primary N) is 1. The summed E-state index contributed by atoms with van der Waals surface area (Å²) in [5, 5.41) is 7.30. The topological polar surface area (TPSA) is 102 Å². The Morgan fingerprint density at radius 1 is 1.56 bits per heavy atom. The molecule has 0 atom stereocenters. The zero-order chi connectivity index (χ0) is 11.7. The maximum Gasteiger partial charge on any atom is 0.343 e. The van der Waals surface area contributed by atoms with E-state index < -0.39 is 0 Å². The van der Waals surface area contributed by atoms with Gasteiger partial charge in [0.05, 0.1) is 4.47 Å². The summed E-state index contributed by atoms with van der Waals surface area (Å²) in [6.07, 6.45) is 1.35. The summed E-state index contributed by atoms with van der Waals surface area (Å²) < 4.78 is 1.98. The van der Waals surface area contributed by atoms with Crippen LogP contribution in [0.2, 0.25) is 0 Å².